The molecule has 7 nitrogen and oxygen atoms in total. The van der Waals surface area contributed by atoms with E-state index in [1.54, 1.807) is 4.90 Å². The SMILES string of the molecule is NC1CCN(C(=O)Cn2cnnn2)C1. The fraction of sp³-hybridized carbons (Fsp3) is 0.714. The number of amides is 1. The molecular weight excluding hydrogens is 184 g/mol. The number of rotatable bonds is 2. The van der Waals surface area contributed by atoms with Gasteiger partial charge < -0.3 is 10.6 Å². The number of hydrogen-bond acceptors (Lipinski definition) is 5. The first-order valence-corrected chi connectivity index (χ1v) is 4.50. The lowest BCUT2D eigenvalue weighted by Gasteiger charge is -2.14. The summed E-state index contributed by atoms with van der Waals surface area (Å²) >= 11 is 0. The van der Waals surface area contributed by atoms with Gasteiger partial charge in [0.05, 0.1) is 0 Å². The topological polar surface area (TPSA) is 89.9 Å². The molecule has 0 radical (unpaired) electrons. The van der Waals surface area contributed by atoms with Crippen LogP contribution in [0.5, 0.6) is 0 Å². The van der Waals surface area contributed by atoms with Gasteiger partial charge in [0, 0.05) is 19.1 Å². The zero-order chi connectivity index (χ0) is 9.97. The fourth-order valence-electron chi connectivity index (χ4n) is 1.51. The lowest BCUT2D eigenvalue weighted by molar-refractivity contribution is -0.131. The predicted octanol–water partition coefficient (Wildman–Crippen LogP) is -1.77. The molecule has 2 heterocycles. The van der Waals surface area contributed by atoms with E-state index in [9.17, 15) is 4.79 Å². The van der Waals surface area contributed by atoms with Crippen molar-refractivity contribution in [2.45, 2.75) is 19.0 Å². The highest BCUT2D eigenvalue weighted by molar-refractivity contribution is 5.76. The summed E-state index contributed by atoms with van der Waals surface area (Å²) < 4.78 is 1.41. The molecule has 0 aliphatic carbocycles. The third-order valence-electron chi connectivity index (χ3n) is 2.27. The smallest absolute Gasteiger partial charge is 0.244 e. The summed E-state index contributed by atoms with van der Waals surface area (Å²) in [5.41, 5.74) is 5.70. The van der Waals surface area contributed by atoms with Gasteiger partial charge in [-0.1, -0.05) is 0 Å². The average Bonchev–Trinajstić information content (AvgIpc) is 2.75. The van der Waals surface area contributed by atoms with Crippen LogP contribution in [-0.4, -0.2) is 50.1 Å². The minimum atomic E-state index is 0.0188. The first kappa shape index (κ1) is 9.07. The Kier molecular flexibility index (Phi) is 2.40. The lowest BCUT2D eigenvalue weighted by Crippen LogP contribution is -2.34. The monoisotopic (exact) mass is 196 g/mol. The van der Waals surface area contributed by atoms with Crippen molar-refractivity contribution in [2.75, 3.05) is 13.1 Å². The number of carbonyl (C=O) groups is 1. The molecule has 0 spiro atoms. The number of aromatic nitrogens is 4. The van der Waals surface area contributed by atoms with E-state index >= 15 is 0 Å². The number of likely N-dealkylation sites (tertiary alicyclic amines) is 1. The maximum Gasteiger partial charge on any atom is 0.244 e. The third-order valence-corrected chi connectivity index (χ3v) is 2.27. The van der Waals surface area contributed by atoms with Gasteiger partial charge in [-0.2, -0.15) is 0 Å². The summed E-state index contributed by atoms with van der Waals surface area (Å²) in [4.78, 5) is 13.4. The van der Waals surface area contributed by atoms with Crippen LogP contribution >= 0.6 is 0 Å². The van der Waals surface area contributed by atoms with E-state index in [1.165, 1.54) is 11.0 Å². The molecule has 7 heteroatoms. The van der Waals surface area contributed by atoms with Crippen LogP contribution in [0, 0.1) is 0 Å². The molecule has 2 N–H and O–H groups in total. The summed E-state index contributed by atoms with van der Waals surface area (Å²) in [5.74, 6) is 0.0188. The molecule has 1 amide bonds. The molecule has 1 unspecified atom stereocenters. The Morgan fingerprint density at radius 2 is 2.50 bits per heavy atom. The number of hydrogen-bond donors (Lipinski definition) is 1. The Hall–Kier alpha value is -1.50. The molecule has 1 aliphatic heterocycles. The molecule has 1 saturated heterocycles. The van der Waals surface area contributed by atoms with Crippen molar-refractivity contribution in [1.82, 2.24) is 25.1 Å². The predicted molar refractivity (Wildman–Crippen MR) is 47.0 cm³/mol. The van der Waals surface area contributed by atoms with Gasteiger partial charge in [-0.3, -0.25) is 4.79 Å². The summed E-state index contributed by atoms with van der Waals surface area (Å²) in [6.07, 6.45) is 2.30. The Morgan fingerprint density at radius 3 is 3.07 bits per heavy atom. The highest BCUT2D eigenvalue weighted by atomic mass is 16.2. The van der Waals surface area contributed by atoms with Crippen molar-refractivity contribution < 1.29 is 4.79 Å². The molecule has 2 rings (SSSR count). The normalized spacial score (nSPS) is 21.5. The van der Waals surface area contributed by atoms with E-state index in [0.717, 1.165) is 13.0 Å². The number of tetrazole rings is 1. The van der Waals surface area contributed by atoms with Crippen molar-refractivity contribution in [3.05, 3.63) is 6.33 Å². The van der Waals surface area contributed by atoms with E-state index in [0.29, 0.717) is 6.54 Å². The lowest BCUT2D eigenvalue weighted by atomic mass is 10.3. The number of nitrogens with two attached hydrogens (primary N) is 1. The Balaban J connectivity index is 1.90. The minimum absolute atomic E-state index is 0.0188. The van der Waals surface area contributed by atoms with Gasteiger partial charge in [0.15, 0.2) is 0 Å². The van der Waals surface area contributed by atoms with Crippen LogP contribution in [0.1, 0.15) is 6.42 Å². The van der Waals surface area contributed by atoms with Gasteiger partial charge in [-0.25, -0.2) is 4.68 Å². The standard InChI is InChI=1S/C7H12N6O/c8-6-1-2-12(3-6)7(14)4-13-5-9-10-11-13/h5-6H,1-4,8H2. The molecule has 0 aromatic carbocycles. The first-order chi connectivity index (χ1) is 6.75. The van der Waals surface area contributed by atoms with Gasteiger partial charge in [0.25, 0.3) is 0 Å². The molecule has 1 atom stereocenters. The highest BCUT2D eigenvalue weighted by Gasteiger charge is 2.23. The molecule has 1 aliphatic rings. The van der Waals surface area contributed by atoms with Crippen molar-refractivity contribution in [2.24, 2.45) is 5.73 Å². The molecule has 1 aromatic heterocycles. The minimum Gasteiger partial charge on any atom is -0.339 e. The maximum atomic E-state index is 11.6. The average molecular weight is 196 g/mol. The first-order valence-electron chi connectivity index (χ1n) is 4.50. The zero-order valence-corrected chi connectivity index (χ0v) is 7.70. The molecule has 1 aromatic rings. The number of nitrogens with zero attached hydrogens (tertiary/aromatic N) is 5. The summed E-state index contributed by atoms with van der Waals surface area (Å²) in [6, 6.07) is 0.118. The van der Waals surface area contributed by atoms with E-state index in [4.69, 9.17) is 5.73 Å². The summed E-state index contributed by atoms with van der Waals surface area (Å²) in [7, 11) is 0. The molecular formula is C7H12N6O. The van der Waals surface area contributed by atoms with Crippen LogP contribution < -0.4 is 5.73 Å². The second-order valence-corrected chi connectivity index (χ2v) is 3.40. The van der Waals surface area contributed by atoms with Crippen LogP contribution in [0.3, 0.4) is 0 Å². The number of carbonyl (C=O) groups excluding carboxylic acids is 1. The van der Waals surface area contributed by atoms with Gasteiger partial charge in [0.2, 0.25) is 5.91 Å². The Bertz CT molecular complexity index is 310. The van der Waals surface area contributed by atoms with Crippen molar-refractivity contribution in [1.29, 1.82) is 0 Å². The molecule has 1 fully saturated rings. The fourth-order valence-corrected chi connectivity index (χ4v) is 1.51. The van der Waals surface area contributed by atoms with E-state index in [1.807, 2.05) is 0 Å². The van der Waals surface area contributed by atoms with Crippen molar-refractivity contribution >= 4 is 5.91 Å². The maximum absolute atomic E-state index is 11.6. The van der Waals surface area contributed by atoms with Crippen molar-refractivity contribution in [3.8, 4) is 0 Å². The van der Waals surface area contributed by atoms with Gasteiger partial charge >= 0.3 is 0 Å². The Morgan fingerprint density at radius 1 is 1.64 bits per heavy atom. The van der Waals surface area contributed by atoms with Crippen LogP contribution in [0.15, 0.2) is 6.33 Å². The van der Waals surface area contributed by atoms with Crippen LogP contribution in [-0.2, 0) is 11.3 Å². The van der Waals surface area contributed by atoms with Gasteiger partial charge in [0.1, 0.15) is 12.9 Å². The molecule has 0 bridgehead atoms. The summed E-state index contributed by atoms with van der Waals surface area (Å²) in [6.45, 7) is 1.57. The second kappa shape index (κ2) is 3.70. The van der Waals surface area contributed by atoms with Crippen LogP contribution in [0.25, 0.3) is 0 Å². The zero-order valence-electron chi connectivity index (χ0n) is 7.70. The molecule has 0 saturated carbocycles. The quantitative estimate of drug-likeness (QED) is 0.604. The highest BCUT2D eigenvalue weighted by Crippen LogP contribution is 2.07. The summed E-state index contributed by atoms with van der Waals surface area (Å²) in [5, 5.41) is 10.5. The third kappa shape index (κ3) is 1.87. The van der Waals surface area contributed by atoms with Crippen molar-refractivity contribution in [3.63, 3.8) is 0 Å². The van der Waals surface area contributed by atoms with Gasteiger partial charge in [-0.05, 0) is 16.8 Å². The van der Waals surface area contributed by atoms with Gasteiger partial charge in [-0.15, -0.1) is 5.10 Å². The largest absolute Gasteiger partial charge is 0.339 e. The van der Waals surface area contributed by atoms with E-state index < -0.39 is 0 Å². The van der Waals surface area contributed by atoms with E-state index in [2.05, 4.69) is 15.5 Å². The second-order valence-electron chi connectivity index (χ2n) is 3.40. The van der Waals surface area contributed by atoms with E-state index in [-0.39, 0.29) is 18.5 Å². The molecule has 14 heavy (non-hydrogen) atoms. The molecule has 76 valence electrons. The van der Waals surface area contributed by atoms with Crippen LogP contribution in [0.4, 0.5) is 0 Å². The van der Waals surface area contributed by atoms with Crippen LogP contribution in [0.2, 0.25) is 0 Å². The Labute approximate surface area is 80.9 Å².